The Hall–Kier alpha value is -3.73. The maximum atomic E-state index is 14.9. The van der Waals surface area contributed by atoms with Gasteiger partial charge in [0, 0.05) is 23.7 Å². The summed E-state index contributed by atoms with van der Waals surface area (Å²) in [5, 5.41) is 9.85. The number of nitrogens with zero attached hydrogens (tertiary/aromatic N) is 1. The van der Waals surface area contributed by atoms with E-state index < -0.39 is 41.1 Å². The molecule has 2 fully saturated rings. The van der Waals surface area contributed by atoms with Crippen molar-refractivity contribution in [3.8, 4) is 22.8 Å². The van der Waals surface area contributed by atoms with Gasteiger partial charge in [0.1, 0.15) is 12.4 Å². The number of esters is 1. The number of alkyl halides is 3. The zero-order chi connectivity index (χ0) is 30.7. The number of carbonyl (C=O) groups is 1. The monoisotopic (exact) mass is 603 g/mol. The van der Waals surface area contributed by atoms with Gasteiger partial charge in [0.15, 0.2) is 11.6 Å². The molecule has 1 heterocycles. The van der Waals surface area contributed by atoms with E-state index in [0.29, 0.717) is 31.9 Å². The summed E-state index contributed by atoms with van der Waals surface area (Å²) in [5.41, 5.74) is -0.781. The van der Waals surface area contributed by atoms with Crippen LogP contribution in [-0.4, -0.2) is 34.9 Å². The van der Waals surface area contributed by atoms with Crippen molar-refractivity contribution in [2.24, 2.45) is 17.8 Å². The molecule has 0 saturated heterocycles. The van der Waals surface area contributed by atoms with E-state index in [2.05, 4.69) is 4.98 Å². The molecule has 0 unspecified atom stereocenters. The normalized spacial score (nSPS) is 25.4. The van der Waals surface area contributed by atoms with E-state index in [1.807, 2.05) is 0 Å². The van der Waals surface area contributed by atoms with Gasteiger partial charge in [-0.25, -0.2) is 13.8 Å². The van der Waals surface area contributed by atoms with Gasteiger partial charge in [0.2, 0.25) is 5.88 Å². The zero-order valence-corrected chi connectivity index (χ0v) is 23.5. The van der Waals surface area contributed by atoms with Crippen LogP contribution in [0.3, 0.4) is 0 Å². The topological polar surface area (TPSA) is 77.9 Å². The summed E-state index contributed by atoms with van der Waals surface area (Å²) in [6.07, 6.45) is -1.61. The van der Waals surface area contributed by atoms with E-state index in [1.54, 1.807) is 26.1 Å². The second kappa shape index (κ2) is 10.8. The lowest BCUT2D eigenvalue weighted by Gasteiger charge is -2.40. The van der Waals surface area contributed by atoms with Crippen molar-refractivity contribution in [2.45, 2.75) is 57.4 Å². The van der Waals surface area contributed by atoms with Crippen LogP contribution in [0.15, 0.2) is 42.6 Å². The van der Waals surface area contributed by atoms with E-state index >= 15 is 0 Å². The van der Waals surface area contributed by atoms with Crippen LogP contribution < -0.4 is 9.47 Å². The highest BCUT2D eigenvalue weighted by molar-refractivity contribution is 5.79. The van der Waals surface area contributed by atoms with Crippen molar-refractivity contribution in [1.29, 1.82) is 0 Å². The summed E-state index contributed by atoms with van der Waals surface area (Å²) in [6, 6.07) is 6.56. The molecule has 3 aliphatic carbocycles. The number of fused-ring (bicyclic) bond motifs is 3. The first-order chi connectivity index (χ1) is 20.3. The van der Waals surface area contributed by atoms with Gasteiger partial charge in [-0.2, -0.15) is 13.2 Å². The number of pyridine rings is 1. The Morgan fingerprint density at radius 2 is 1.86 bits per heavy atom. The highest BCUT2D eigenvalue weighted by atomic mass is 19.4. The van der Waals surface area contributed by atoms with Crippen molar-refractivity contribution in [1.82, 2.24) is 4.98 Å². The Kier molecular flexibility index (Phi) is 7.35. The van der Waals surface area contributed by atoms with Crippen LogP contribution in [0.1, 0.15) is 54.9 Å². The summed E-state index contributed by atoms with van der Waals surface area (Å²) in [6.45, 7) is 3.53. The quantitative estimate of drug-likeness (QED) is 0.219. The van der Waals surface area contributed by atoms with E-state index in [0.717, 1.165) is 23.3 Å². The van der Waals surface area contributed by atoms with Gasteiger partial charge in [-0.15, -0.1) is 0 Å². The van der Waals surface area contributed by atoms with Crippen molar-refractivity contribution in [3.05, 3.63) is 76.5 Å². The number of hydrogen-bond acceptors (Lipinski definition) is 6. The molecule has 228 valence electrons. The van der Waals surface area contributed by atoms with Gasteiger partial charge in [-0.3, -0.25) is 4.79 Å². The second-order valence-corrected chi connectivity index (χ2v) is 11.9. The molecule has 3 aromatic rings. The fourth-order valence-corrected chi connectivity index (χ4v) is 6.56. The third-order valence-corrected chi connectivity index (χ3v) is 8.58. The van der Waals surface area contributed by atoms with Gasteiger partial charge in [-0.1, -0.05) is 6.07 Å². The summed E-state index contributed by atoms with van der Waals surface area (Å²) < 4.78 is 87.8. The van der Waals surface area contributed by atoms with Gasteiger partial charge in [-0.05, 0) is 91.5 Å². The Morgan fingerprint density at radius 1 is 1.09 bits per heavy atom. The molecule has 0 spiro atoms. The summed E-state index contributed by atoms with van der Waals surface area (Å²) in [5.74, 6) is -2.06. The van der Waals surface area contributed by atoms with Crippen LogP contribution in [0.4, 0.5) is 22.0 Å². The molecule has 1 aromatic heterocycles. The number of ether oxygens (including phenoxy) is 3. The summed E-state index contributed by atoms with van der Waals surface area (Å²) in [4.78, 5) is 16.4. The molecule has 0 radical (unpaired) electrons. The van der Waals surface area contributed by atoms with Crippen molar-refractivity contribution < 1.29 is 46.1 Å². The molecule has 0 bridgehead atoms. The van der Waals surface area contributed by atoms with Crippen molar-refractivity contribution in [2.75, 3.05) is 13.2 Å². The summed E-state index contributed by atoms with van der Waals surface area (Å²) >= 11 is 0. The van der Waals surface area contributed by atoms with Crippen LogP contribution in [-0.2, 0) is 28.7 Å². The first-order valence-corrected chi connectivity index (χ1v) is 14.2. The largest absolute Gasteiger partial charge is 0.490 e. The second-order valence-electron chi connectivity index (χ2n) is 11.9. The van der Waals surface area contributed by atoms with Gasteiger partial charge >= 0.3 is 12.1 Å². The molecule has 6 rings (SSSR count). The lowest BCUT2D eigenvalue weighted by molar-refractivity contribution is -0.145. The maximum Gasteiger partial charge on any atom is 0.417 e. The first-order valence-electron chi connectivity index (χ1n) is 14.2. The molecular formula is C32H30F5NO5. The fraction of sp³-hybridized carbons (Fsp3) is 0.438. The SMILES string of the molecule is CCOC(=O)[C@H]1[C@@H]2Cc3cc(OCc4cc(-c5ccc(OC[C@H]6C[C@@](C)(O)C6)c(F)c5)c(C(F)(F)F)cc4F)ncc3[C@@H]21. The van der Waals surface area contributed by atoms with Crippen LogP contribution >= 0.6 is 0 Å². The smallest absolute Gasteiger partial charge is 0.417 e. The Bertz CT molecular complexity index is 1560. The molecule has 0 amide bonds. The molecule has 1 N–H and O–H groups in total. The minimum atomic E-state index is -4.90. The average molecular weight is 604 g/mol. The number of carbonyl (C=O) groups excluding carboxylic acids is 1. The third kappa shape index (κ3) is 5.79. The standard InChI is InChI=1S/C32H30F5NO5/c1-3-41-30(39)29-21-6-18-9-27(38-13-22(18)28(21)29)43-15-19-7-20(23(10-24(19)33)32(35,36)37)17-4-5-26(25(34)8-17)42-14-16-11-31(2,40)12-16/h4-5,7-10,13,16,21,28-29,40H,3,6,11-12,14-15H2,1-2H3/t16-,21-,28-,29+,31+/m1/s1. The van der Waals surface area contributed by atoms with E-state index in [9.17, 15) is 31.9 Å². The van der Waals surface area contributed by atoms with Gasteiger partial charge < -0.3 is 19.3 Å². The Morgan fingerprint density at radius 3 is 2.53 bits per heavy atom. The predicted octanol–water partition coefficient (Wildman–Crippen LogP) is 6.61. The fourth-order valence-electron chi connectivity index (χ4n) is 6.56. The zero-order valence-electron chi connectivity index (χ0n) is 23.5. The Labute approximate surface area is 244 Å². The first kappa shape index (κ1) is 29.3. The number of aromatic nitrogens is 1. The molecule has 2 saturated carbocycles. The van der Waals surface area contributed by atoms with Crippen molar-refractivity contribution >= 4 is 5.97 Å². The maximum absolute atomic E-state index is 14.9. The average Bonchev–Trinajstić information content (AvgIpc) is 3.51. The van der Waals surface area contributed by atoms with Crippen LogP contribution in [0.25, 0.3) is 11.1 Å². The van der Waals surface area contributed by atoms with Crippen LogP contribution in [0.2, 0.25) is 0 Å². The molecule has 2 aromatic carbocycles. The predicted molar refractivity (Wildman–Crippen MR) is 144 cm³/mol. The molecule has 3 aliphatic rings. The van der Waals surface area contributed by atoms with Gasteiger partial charge in [0.05, 0.1) is 30.3 Å². The Balaban J connectivity index is 1.18. The van der Waals surface area contributed by atoms with E-state index in [-0.39, 0.29) is 59.0 Å². The molecule has 3 atom stereocenters. The van der Waals surface area contributed by atoms with Gasteiger partial charge in [0.25, 0.3) is 0 Å². The lowest BCUT2D eigenvalue weighted by atomic mass is 9.73. The number of rotatable bonds is 9. The summed E-state index contributed by atoms with van der Waals surface area (Å²) in [7, 11) is 0. The molecular weight excluding hydrogens is 573 g/mol. The molecule has 0 aliphatic heterocycles. The molecule has 6 nitrogen and oxygen atoms in total. The lowest BCUT2D eigenvalue weighted by Crippen LogP contribution is -2.43. The third-order valence-electron chi connectivity index (χ3n) is 8.58. The molecule has 11 heteroatoms. The number of hydrogen-bond donors (Lipinski definition) is 1. The minimum absolute atomic E-state index is 0.0530. The highest BCUT2D eigenvalue weighted by Crippen LogP contribution is 2.62. The van der Waals surface area contributed by atoms with E-state index in [1.165, 1.54) is 12.1 Å². The number of halogens is 5. The van der Waals surface area contributed by atoms with E-state index in [4.69, 9.17) is 14.2 Å². The van der Waals surface area contributed by atoms with Crippen LogP contribution in [0.5, 0.6) is 11.6 Å². The number of aliphatic hydroxyl groups is 1. The highest BCUT2D eigenvalue weighted by Gasteiger charge is 2.60. The minimum Gasteiger partial charge on any atom is -0.490 e. The van der Waals surface area contributed by atoms with Crippen LogP contribution in [0, 0.1) is 29.4 Å². The van der Waals surface area contributed by atoms with Crippen molar-refractivity contribution in [3.63, 3.8) is 0 Å². The molecule has 43 heavy (non-hydrogen) atoms. The number of benzene rings is 2.